The van der Waals surface area contributed by atoms with Crippen molar-refractivity contribution in [1.29, 1.82) is 0 Å². The Bertz CT molecular complexity index is 796. The van der Waals surface area contributed by atoms with E-state index in [9.17, 15) is 14.4 Å². The molecule has 2 rings (SSSR count). The predicted molar refractivity (Wildman–Crippen MR) is 96.0 cm³/mol. The van der Waals surface area contributed by atoms with Crippen molar-refractivity contribution >= 4 is 39.7 Å². The van der Waals surface area contributed by atoms with Crippen molar-refractivity contribution in [2.45, 2.75) is 26.7 Å². The van der Waals surface area contributed by atoms with Gasteiger partial charge in [0.25, 0.3) is 5.91 Å². The highest BCUT2D eigenvalue weighted by Crippen LogP contribution is 2.32. The van der Waals surface area contributed by atoms with Crippen LogP contribution in [0.2, 0.25) is 0 Å². The summed E-state index contributed by atoms with van der Waals surface area (Å²) in [5.74, 6) is -0.458. The second kappa shape index (κ2) is 7.27. The number of Topliss-reactive ketones (excluding diaryl/α,β-unsaturated/α-hetero) is 1. The van der Waals surface area contributed by atoms with Gasteiger partial charge in [-0.3, -0.25) is 14.9 Å². The van der Waals surface area contributed by atoms with Crippen molar-refractivity contribution < 1.29 is 14.4 Å². The number of hydrogen-bond acceptors (Lipinski definition) is 4. The lowest BCUT2D eigenvalue weighted by Crippen LogP contribution is -2.21. The molecule has 0 saturated carbocycles. The summed E-state index contributed by atoms with van der Waals surface area (Å²) < 4.78 is 0. The fourth-order valence-corrected chi connectivity index (χ4v) is 3.11. The van der Waals surface area contributed by atoms with Crippen molar-refractivity contribution in [2.75, 3.05) is 10.6 Å². The number of nitrogens with two attached hydrogens (primary N) is 1. The molecular formula is C17H19N3O3S. The molecule has 3 amide bonds. The van der Waals surface area contributed by atoms with E-state index < -0.39 is 11.9 Å². The number of benzene rings is 1. The van der Waals surface area contributed by atoms with Gasteiger partial charge in [0.05, 0.1) is 5.56 Å². The van der Waals surface area contributed by atoms with Crippen LogP contribution in [0, 0.1) is 0 Å². The van der Waals surface area contributed by atoms with Gasteiger partial charge >= 0.3 is 6.03 Å². The van der Waals surface area contributed by atoms with Gasteiger partial charge in [-0.05, 0) is 31.0 Å². The molecule has 0 radical (unpaired) electrons. The van der Waals surface area contributed by atoms with Crippen molar-refractivity contribution in [1.82, 2.24) is 0 Å². The number of nitrogens with one attached hydrogen (secondary N) is 2. The predicted octanol–water partition coefficient (Wildman–Crippen LogP) is 3.82. The molecule has 0 fully saturated rings. The number of rotatable bonds is 5. The van der Waals surface area contributed by atoms with Gasteiger partial charge in [-0.1, -0.05) is 26.0 Å². The summed E-state index contributed by atoms with van der Waals surface area (Å²) in [6.07, 6.45) is 0. The maximum atomic E-state index is 12.2. The Hall–Kier alpha value is -2.67. The number of amides is 3. The molecule has 6 nitrogen and oxygen atoms in total. The molecular weight excluding hydrogens is 326 g/mol. The zero-order valence-corrected chi connectivity index (χ0v) is 14.5. The van der Waals surface area contributed by atoms with Gasteiger partial charge in [0, 0.05) is 16.1 Å². The van der Waals surface area contributed by atoms with E-state index in [1.807, 2.05) is 13.8 Å². The van der Waals surface area contributed by atoms with Crippen LogP contribution in [-0.2, 0) is 0 Å². The maximum absolute atomic E-state index is 12.2. The van der Waals surface area contributed by atoms with E-state index in [-0.39, 0.29) is 17.3 Å². The lowest BCUT2D eigenvalue weighted by molar-refractivity contribution is 0.0997. The van der Waals surface area contributed by atoms with Crippen molar-refractivity contribution in [2.24, 2.45) is 5.73 Å². The van der Waals surface area contributed by atoms with Crippen LogP contribution in [0.3, 0.4) is 0 Å². The molecule has 0 aliphatic rings. The average Bonchev–Trinajstić information content (AvgIpc) is 2.91. The summed E-state index contributed by atoms with van der Waals surface area (Å²) in [4.78, 5) is 36.0. The number of carbonyl (C=O) groups excluding carboxylic acids is 3. The highest BCUT2D eigenvalue weighted by molar-refractivity contribution is 7.16. The van der Waals surface area contributed by atoms with Crippen molar-refractivity contribution in [3.05, 3.63) is 46.3 Å². The topological polar surface area (TPSA) is 101 Å². The first-order chi connectivity index (χ1) is 11.3. The van der Waals surface area contributed by atoms with Gasteiger partial charge in [0.2, 0.25) is 0 Å². The van der Waals surface area contributed by atoms with Gasteiger partial charge in [0.15, 0.2) is 5.78 Å². The molecule has 1 aromatic carbocycles. The Morgan fingerprint density at radius 1 is 1.12 bits per heavy atom. The van der Waals surface area contributed by atoms with Crippen LogP contribution in [0.1, 0.15) is 52.3 Å². The van der Waals surface area contributed by atoms with E-state index in [1.165, 1.54) is 18.3 Å². The quantitative estimate of drug-likeness (QED) is 0.718. The Morgan fingerprint density at radius 3 is 2.42 bits per heavy atom. The second-order valence-corrected chi connectivity index (χ2v) is 6.71. The first kappa shape index (κ1) is 17.7. The molecule has 0 bridgehead atoms. The molecule has 0 saturated heterocycles. The van der Waals surface area contributed by atoms with Crippen LogP contribution in [0.25, 0.3) is 0 Å². The summed E-state index contributed by atoms with van der Waals surface area (Å²) in [6, 6.07) is 7.81. The number of urea groups is 1. The molecule has 2 aromatic rings. The van der Waals surface area contributed by atoms with E-state index in [0.29, 0.717) is 16.3 Å². The van der Waals surface area contributed by atoms with Crippen LogP contribution in [-0.4, -0.2) is 17.7 Å². The zero-order chi connectivity index (χ0) is 17.9. The van der Waals surface area contributed by atoms with Crippen LogP contribution < -0.4 is 16.4 Å². The normalized spacial score (nSPS) is 10.5. The number of hydrogen-bond donors (Lipinski definition) is 3. The Morgan fingerprint density at radius 2 is 1.83 bits per heavy atom. The molecule has 0 spiro atoms. The highest BCUT2D eigenvalue weighted by atomic mass is 32.1. The minimum atomic E-state index is -0.591. The number of primary amides is 1. The number of ketones is 1. The largest absolute Gasteiger partial charge is 0.366 e. The Balaban J connectivity index is 2.16. The van der Waals surface area contributed by atoms with Gasteiger partial charge < -0.3 is 11.1 Å². The molecule has 1 heterocycles. The van der Waals surface area contributed by atoms with Crippen LogP contribution in [0.5, 0.6) is 0 Å². The minimum absolute atomic E-state index is 0.0881. The zero-order valence-electron chi connectivity index (χ0n) is 13.7. The summed E-state index contributed by atoms with van der Waals surface area (Å²) in [5.41, 5.74) is 6.65. The molecule has 4 N–H and O–H groups in total. The third-order valence-corrected chi connectivity index (χ3v) is 4.69. The minimum Gasteiger partial charge on any atom is -0.366 e. The molecule has 7 heteroatoms. The van der Waals surface area contributed by atoms with E-state index in [2.05, 4.69) is 10.6 Å². The third-order valence-electron chi connectivity index (χ3n) is 3.34. The molecule has 24 heavy (non-hydrogen) atoms. The highest BCUT2D eigenvalue weighted by Gasteiger charge is 2.17. The van der Waals surface area contributed by atoms with Crippen LogP contribution >= 0.6 is 11.3 Å². The Kier molecular flexibility index (Phi) is 5.35. The maximum Gasteiger partial charge on any atom is 0.324 e. The Labute approximate surface area is 144 Å². The first-order valence-electron chi connectivity index (χ1n) is 7.40. The fourth-order valence-electron chi connectivity index (χ4n) is 2.05. The average molecular weight is 345 g/mol. The lowest BCUT2D eigenvalue weighted by Gasteiger charge is -2.08. The molecule has 0 aliphatic carbocycles. The summed E-state index contributed by atoms with van der Waals surface area (Å²) in [6.45, 7) is 5.44. The van der Waals surface area contributed by atoms with Crippen molar-refractivity contribution in [3.63, 3.8) is 0 Å². The SMILES string of the molecule is CC(=O)c1cccc(NC(=O)Nc2sc(C(C)C)cc2C(N)=O)c1. The van der Waals surface area contributed by atoms with E-state index >= 15 is 0 Å². The second-order valence-electron chi connectivity index (χ2n) is 5.63. The van der Waals surface area contributed by atoms with Gasteiger partial charge in [0.1, 0.15) is 5.00 Å². The number of anilines is 2. The third kappa shape index (κ3) is 4.20. The molecule has 1 aromatic heterocycles. The summed E-state index contributed by atoms with van der Waals surface area (Å²) in [7, 11) is 0. The smallest absolute Gasteiger partial charge is 0.324 e. The fraction of sp³-hybridized carbons (Fsp3) is 0.235. The summed E-state index contributed by atoms with van der Waals surface area (Å²) in [5, 5.41) is 5.70. The van der Waals surface area contributed by atoms with Gasteiger partial charge in [-0.25, -0.2) is 4.79 Å². The van der Waals surface area contributed by atoms with Gasteiger partial charge in [-0.15, -0.1) is 11.3 Å². The summed E-state index contributed by atoms with van der Waals surface area (Å²) >= 11 is 1.32. The number of thiophene rings is 1. The molecule has 126 valence electrons. The van der Waals surface area contributed by atoms with Crippen LogP contribution in [0.15, 0.2) is 30.3 Å². The number of carbonyl (C=O) groups is 3. The lowest BCUT2D eigenvalue weighted by atomic mass is 10.1. The van der Waals surface area contributed by atoms with Gasteiger partial charge in [-0.2, -0.15) is 0 Å². The first-order valence-corrected chi connectivity index (χ1v) is 8.22. The standard InChI is InChI=1S/C17H19N3O3S/c1-9(2)14-8-13(15(18)22)16(24-14)20-17(23)19-12-6-4-5-11(7-12)10(3)21/h4-9H,1-3H3,(H2,18,22)(H2,19,20,23). The van der Waals surface area contributed by atoms with E-state index in [0.717, 1.165) is 4.88 Å². The molecule has 0 unspecified atom stereocenters. The van der Waals surface area contributed by atoms with Crippen LogP contribution in [0.4, 0.5) is 15.5 Å². The monoisotopic (exact) mass is 345 g/mol. The van der Waals surface area contributed by atoms with Crippen molar-refractivity contribution in [3.8, 4) is 0 Å². The molecule has 0 atom stereocenters. The van der Waals surface area contributed by atoms with E-state index in [4.69, 9.17) is 5.73 Å². The molecule has 0 aliphatic heterocycles. The van der Waals surface area contributed by atoms with E-state index in [1.54, 1.807) is 30.3 Å².